The van der Waals surface area contributed by atoms with E-state index >= 15 is 0 Å². The summed E-state index contributed by atoms with van der Waals surface area (Å²) in [5.74, 6) is 0.579. The Morgan fingerprint density at radius 2 is 1.76 bits per heavy atom. The molecule has 5 nitrogen and oxygen atoms in total. The predicted molar refractivity (Wildman–Crippen MR) is 66.9 cm³/mol. The summed E-state index contributed by atoms with van der Waals surface area (Å²) in [6, 6.07) is 6.86. The number of amides is 1. The number of anilines is 1. The first-order valence-corrected chi connectivity index (χ1v) is 6.92. The molecule has 0 saturated carbocycles. The van der Waals surface area contributed by atoms with Crippen molar-refractivity contribution >= 4 is 31.3 Å². The zero-order valence-electron chi connectivity index (χ0n) is 10.0. The van der Waals surface area contributed by atoms with Crippen molar-refractivity contribution in [2.24, 2.45) is 0 Å². The highest BCUT2D eigenvalue weighted by molar-refractivity contribution is 7.01. The Labute approximate surface area is 101 Å². The third-order valence-electron chi connectivity index (χ3n) is 2.37. The van der Waals surface area contributed by atoms with Crippen LogP contribution in [0.2, 0.25) is 0 Å². The third kappa shape index (κ3) is 2.99. The Morgan fingerprint density at radius 3 is 2.12 bits per heavy atom. The van der Waals surface area contributed by atoms with Crippen LogP contribution in [0.25, 0.3) is 0 Å². The van der Waals surface area contributed by atoms with Crippen LogP contribution in [0, 0.1) is 0 Å². The molecule has 6 heteroatoms. The van der Waals surface area contributed by atoms with Gasteiger partial charge in [0.1, 0.15) is 0 Å². The SMILES string of the molecule is CO[Si](C=O)(OC)c1ccc(NC(C)=O)cc1. The molecule has 0 radical (unpaired) electrons. The molecule has 0 aliphatic heterocycles. The van der Waals surface area contributed by atoms with Crippen LogP contribution < -0.4 is 10.5 Å². The van der Waals surface area contributed by atoms with Crippen LogP contribution in [0.4, 0.5) is 5.69 Å². The van der Waals surface area contributed by atoms with E-state index in [1.165, 1.54) is 21.1 Å². The highest BCUT2D eigenvalue weighted by Gasteiger charge is 2.38. The Kier molecular flexibility index (Phi) is 4.56. The summed E-state index contributed by atoms with van der Waals surface area (Å²) in [6.07, 6.45) is 0. The van der Waals surface area contributed by atoms with Gasteiger partial charge in [-0.15, -0.1) is 0 Å². The van der Waals surface area contributed by atoms with Crippen LogP contribution in [0.3, 0.4) is 0 Å². The van der Waals surface area contributed by atoms with Gasteiger partial charge >= 0.3 is 8.56 Å². The number of carbonyl (C=O) groups excluding carboxylic acids is 2. The Hall–Kier alpha value is -1.50. The van der Waals surface area contributed by atoms with Gasteiger partial charge in [0.2, 0.25) is 5.91 Å². The number of carbonyl (C=O) groups is 2. The van der Waals surface area contributed by atoms with Crippen LogP contribution in [0.15, 0.2) is 24.3 Å². The maximum Gasteiger partial charge on any atom is 0.440 e. The highest BCUT2D eigenvalue weighted by Crippen LogP contribution is 2.08. The molecule has 1 rings (SSSR count). The van der Waals surface area contributed by atoms with Crippen molar-refractivity contribution in [3.8, 4) is 0 Å². The number of hydrogen-bond acceptors (Lipinski definition) is 4. The van der Waals surface area contributed by atoms with E-state index in [9.17, 15) is 9.59 Å². The van der Waals surface area contributed by atoms with Crippen LogP contribution >= 0.6 is 0 Å². The van der Waals surface area contributed by atoms with Gasteiger partial charge in [-0.3, -0.25) is 4.79 Å². The first-order valence-electron chi connectivity index (χ1n) is 5.02. The second-order valence-electron chi connectivity index (χ2n) is 3.45. The van der Waals surface area contributed by atoms with E-state index in [0.29, 0.717) is 10.9 Å². The average molecular weight is 253 g/mol. The summed E-state index contributed by atoms with van der Waals surface area (Å²) in [5, 5.41) is 3.34. The van der Waals surface area contributed by atoms with Gasteiger partial charge in [-0.1, -0.05) is 12.1 Å². The van der Waals surface area contributed by atoms with Crippen LogP contribution in [0.1, 0.15) is 6.92 Å². The van der Waals surface area contributed by atoms with E-state index in [2.05, 4.69) is 5.32 Å². The lowest BCUT2D eigenvalue weighted by atomic mass is 10.3. The van der Waals surface area contributed by atoms with E-state index < -0.39 is 8.56 Å². The summed E-state index contributed by atoms with van der Waals surface area (Å²) in [5.41, 5.74) is 0.669. The van der Waals surface area contributed by atoms with Gasteiger partial charge in [-0.2, -0.15) is 0 Å². The smallest absolute Gasteiger partial charge is 0.390 e. The fourth-order valence-corrected chi connectivity index (χ4v) is 3.07. The second-order valence-corrected chi connectivity index (χ2v) is 6.42. The number of benzene rings is 1. The predicted octanol–water partition coefficient (Wildman–Crippen LogP) is 0.359. The van der Waals surface area contributed by atoms with Gasteiger partial charge in [0, 0.05) is 32.0 Å². The van der Waals surface area contributed by atoms with Crippen molar-refractivity contribution in [1.29, 1.82) is 0 Å². The molecular weight excluding hydrogens is 238 g/mol. The largest absolute Gasteiger partial charge is 0.440 e. The molecule has 92 valence electrons. The Bertz CT molecular complexity index is 400. The van der Waals surface area contributed by atoms with Crippen molar-refractivity contribution in [1.82, 2.24) is 0 Å². The van der Waals surface area contributed by atoms with Crippen molar-refractivity contribution in [2.45, 2.75) is 6.92 Å². The van der Waals surface area contributed by atoms with Gasteiger partial charge in [-0.25, -0.2) is 0 Å². The topological polar surface area (TPSA) is 64.6 Å². The molecule has 0 unspecified atom stereocenters. The molecule has 1 amide bonds. The molecule has 1 aromatic carbocycles. The number of hydrogen-bond donors (Lipinski definition) is 1. The lowest BCUT2D eigenvalue weighted by molar-refractivity contribution is -0.114. The fourth-order valence-electron chi connectivity index (χ4n) is 1.47. The van der Waals surface area contributed by atoms with E-state index in [4.69, 9.17) is 8.85 Å². The molecule has 0 saturated heterocycles. The van der Waals surface area contributed by atoms with Gasteiger partial charge in [0.25, 0.3) is 0 Å². The second kappa shape index (κ2) is 5.71. The van der Waals surface area contributed by atoms with Gasteiger partial charge < -0.3 is 19.0 Å². The quantitative estimate of drug-likeness (QED) is 0.608. The molecule has 0 heterocycles. The molecular formula is C11H15NO4Si. The normalized spacial score (nSPS) is 11.0. The molecule has 0 aliphatic carbocycles. The van der Waals surface area contributed by atoms with Crippen molar-refractivity contribution in [2.75, 3.05) is 19.5 Å². The van der Waals surface area contributed by atoms with E-state index in [0.717, 1.165) is 5.91 Å². The van der Waals surface area contributed by atoms with E-state index in [1.54, 1.807) is 24.3 Å². The molecule has 1 aromatic rings. The molecule has 0 aliphatic rings. The lowest BCUT2D eigenvalue weighted by Gasteiger charge is -2.21. The standard InChI is InChI=1S/C11H15NO4Si/c1-9(14)12-10-4-6-11(7-5-10)17(8-13,15-2)16-3/h4-8H,1-3H3,(H,12,14). The summed E-state index contributed by atoms with van der Waals surface area (Å²) < 4.78 is 10.4. The third-order valence-corrected chi connectivity index (χ3v) is 5.03. The highest BCUT2D eigenvalue weighted by atomic mass is 28.4. The Balaban J connectivity index is 3.00. The molecule has 1 N–H and O–H groups in total. The Morgan fingerprint density at radius 1 is 1.24 bits per heavy atom. The van der Waals surface area contributed by atoms with Crippen molar-refractivity contribution in [3.05, 3.63) is 24.3 Å². The molecule has 0 fully saturated rings. The molecule has 17 heavy (non-hydrogen) atoms. The van der Waals surface area contributed by atoms with Crippen molar-refractivity contribution in [3.63, 3.8) is 0 Å². The summed E-state index contributed by atoms with van der Waals surface area (Å²) in [4.78, 5) is 21.9. The molecule has 0 aromatic heterocycles. The molecule has 0 bridgehead atoms. The van der Waals surface area contributed by atoms with Gasteiger partial charge in [0.05, 0.1) is 0 Å². The van der Waals surface area contributed by atoms with E-state index in [-0.39, 0.29) is 5.91 Å². The van der Waals surface area contributed by atoms with Crippen LogP contribution in [-0.4, -0.2) is 34.6 Å². The van der Waals surface area contributed by atoms with Gasteiger partial charge in [-0.05, 0) is 12.1 Å². The molecule has 0 spiro atoms. The molecule has 0 atom stereocenters. The van der Waals surface area contributed by atoms with Crippen LogP contribution in [0.5, 0.6) is 0 Å². The van der Waals surface area contributed by atoms with E-state index in [1.807, 2.05) is 0 Å². The minimum absolute atomic E-state index is 0.143. The van der Waals surface area contributed by atoms with Crippen molar-refractivity contribution < 1.29 is 18.4 Å². The number of rotatable bonds is 5. The first kappa shape index (κ1) is 13.6. The minimum Gasteiger partial charge on any atom is -0.390 e. The zero-order valence-corrected chi connectivity index (χ0v) is 11.0. The monoisotopic (exact) mass is 253 g/mol. The fraction of sp³-hybridized carbons (Fsp3) is 0.273. The maximum atomic E-state index is 11.1. The van der Waals surface area contributed by atoms with Gasteiger partial charge in [0.15, 0.2) is 5.91 Å². The maximum absolute atomic E-state index is 11.1. The minimum atomic E-state index is -2.95. The summed E-state index contributed by atoms with van der Waals surface area (Å²) >= 11 is 0. The summed E-state index contributed by atoms with van der Waals surface area (Å²) in [7, 11) is -0.0491. The zero-order chi connectivity index (χ0) is 12.9. The lowest BCUT2D eigenvalue weighted by Crippen LogP contribution is -2.54. The number of nitrogens with one attached hydrogen (secondary N) is 1. The van der Waals surface area contributed by atoms with Crippen LogP contribution in [-0.2, 0) is 18.4 Å². The average Bonchev–Trinajstić information content (AvgIpc) is 2.33. The summed E-state index contributed by atoms with van der Waals surface area (Å²) in [6.45, 7) is 1.43. The first-order chi connectivity index (χ1) is 8.07.